The van der Waals surface area contributed by atoms with Crippen LogP contribution in [0.25, 0.3) is 0 Å². The van der Waals surface area contributed by atoms with Crippen LogP contribution < -0.4 is 10.6 Å². The SMILES string of the molecule is CN(C(=O)c1ccn[nH]1)c1ccc(N)cc1. The number of nitrogens with one attached hydrogen (secondary N) is 1. The molecule has 0 spiro atoms. The number of hydrogen-bond acceptors (Lipinski definition) is 3. The molecule has 0 unspecified atom stereocenters. The Kier molecular flexibility index (Phi) is 2.59. The summed E-state index contributed by atoms with van der Waals surface area (Å²) < 4.78 is 0. The highest BCUT2D eigenvalue weighted by atomic mass is 16.2. The van der Waals surface area contributed by atoms with Gasteiger partial charge in [-0.1, -0.05) is 0 Å². The predicted molar refractivity (Wildman–Crippen MR) is 62.2 cm³/mol. The molecule has 0 saturated carbocycles. The van der Waals surface area contributed by atoms with Gasteiger partial charge in [-0.3, -0.25) is 9.89 Å². The highest BCUT2D eigenvalue weighted by Crippen LogP contribution is 2.16. The molecule has 1 heterocycles. The van der Waals surface area contributed by atoms with Crippen molar-refractivity contribution in [3.05, 3.63) is 42.2 Å². The third-order valence-corrected chi connectivity index (χ3v) is 2.32. The standard InChI is InChI=1S/C11H12N4O/c1-15(9-4-2-8(12)3-5-9)11(16)10-6-7-13-14-10/h2-7H,12H2,1H3,(H,13,14). The number of nitrogens with zero attached hydrogens (tertiary/aromatic N) is 2. The van der Waals surface area contributed by atoms with Gasteiger partial charge < -0.3 is 10.6 Å². The van der Waals surface area contributed by atoms with Gasteiger partial charge in [0.15, 0.2) is 0 Å². The number of H-pyrrole nitrogens is 1. The Balaban J connectivity index is 2.22. The number of anilines is 2. The molecule has 2 aromatic rings. The van der Waals surface area contributed by atoms with E-state index in [1.54, 1.807) is 43.6 Å². The number of benzene rings is 1. The van der Waals surface area contributed by atoms with Gasteiger partial charge >= 0.3 is 0 Å². The molecule has 3 N–H and O–H groups in total. The molecule has 0 saturated heterocycles. The van der Waals surface area contributed by atoms with Gasteiger partial charge in [0.1, 0.15) is 5.69 Å². The maximum Gasteiger partial charge on any atom is 0.276 e. The molecular formula is C11H12N4O. The fourth-order valence-electron chi connectivity index (χ4n) is 1.37. The molecule has 0 aliphatic heterocycles. The molecule has 0 fully saturated rings. The number of carbonyl (C=O) groups is 1. The quantitative estimate of drug-likeness (QED) is 0.742. The molecule has 5 heteroatoms. The average Bonchev–Trinajstić information content (AvgIpc) is 2.81. The van der Waals surface area contributed by atoms with Gasteiger partial charge in [-0.15, -0.1) is 0 Å². The third kappa shape index (κ3) is 1.88. The lowest BCUT2D eigenvalue weighted by Crippen LogP contribution is -2.26. The van der Waals surface area contributed by atoms with Gasteiger partial charge in [0.2, 0.25) is 0 Å². The zero-order chi connectivity index (χ0) is 11.5. The van der Waals surface area contributed by atoms with Crippen molar-refractivity contribution in [3.8, 4) is 0 Å². The van der Waals surface area contributed by atoms with Crippen LogP contribution in [0.5, 0.6) is 0 Å². The van der Waals surface area contributed by atoms with E-state index in [4.69, 9.17) is 5.73 Å². The van der Waals surface area contributed by atoms with Crippen molar-refractivity contribution in [2.45, 2.75) is 0 Å². The summed E-state index contributed by atoms with van der Waals surface area (Å²) in [4.78, 5) is 13.4. The van der Waals surface area contributed by atoms with Gasteiger partial charge in [0.25, 0.3) is 5.91 Å². The molecule has 2 rings (SSSR count). The van der Waals surface area contributed by atoms with Gasteiger partial charge in [-0.2, -0.15) is 5.10 Å². The number of nitrogen functional groups attached to an aromatic ring is 1. The molecule has 5 nitrogen and oxygen atoms in total. The van der Waals surface area contributed by atoms with E-state index in [-0.39, 0.29) is 5.91 Å². The molecule has 0 radical (unpaired) electrons. The molecule has 0 atom stereocenters. The van der Waals surface area contributed by atoms with E-state index in [1.807, 2.05) is 0 Å². The maximum atomic E-state index is 11.9. The molecule has 0 bridgehead atoms. The Morgan fingerprint density at radius 2 is 2.00 bits per heavy atom. The molecular weight excluding hydrogens is 204 g/mol. The first-order valence-corrected chi connectivity index (χ1v) is 4.81. The van der Waals surface area contributed by atoms with Crippen molar-refractivity contribution in [2.75, 3.05) is 17.7 Å². The Hall–Kier alpha value is -2.30. The summed E-state index contributed by atoms with van der Waals surface area (Å²) >= 11 is 0. The summed E-state index contributed by atoms with van der Waals surface area (Å²) in [5, 5.41) is 6.37. The zero-order valence-electron chi connectivity index (χ0n) is 8.84. The van der Waals surface area contributed by atoms with E-state index >= 15 is 0 Å². The van der Waals surface area contributed by atoms with Gasteiger partial charge in [-0.25, -0.2) is 0 Å². The number of aromatic amines is 1. The highest BCUT2D eigenvalue weighted by Gasteiger charge is 2.13. The third-order valence-electron chi connectivity index (χ3n) is 2.32. The Labute approximate surface area is 92.9 Å². The smallest absolute Gasteiger partial charge is 0.276 e. The van der Waals surface area contributed by atoms with E-state index in [0.29, 0.717) is 11.4 Å². The second kappa shape index (κ2) is 4.06. The Bertz CT molecular complexity index is 475. The van der Waals surface area contributed by atoms with Gasteiger partial charge in [0, 0.05) is 24.6 Å². The zero-order valence-corrected chi connectivity index (χ0v) is 8.84. The van der Waals surface area contributed by atoms with Crippen molar-refractivity contribution in [2.24, 2.45) is 0 Å². The fraction of sp³-hybridized carbons (Fsp3) is 0.0909. The van der Waals surface area contributed by atoms with Crippen LogP contribution >= 0.6 is 0 Å². The van der Waals surface area contributed by atoms with Crippen LogP contribution in [0.2, 0.25) is 0 Å². The minimum Gasteiger partial charge on any atom is -0.399 e. The highest BCUT2D eigenvalue weighted by molar-refractivity contribution is 6.04. The molecule has 1 aromatic carbocycles. The molecule has 82 valence electrons. The van der Waals surface area contributed by atoms with Crippen LogP contribution in [0.15, 0.2) is 36.5 Å². The second-order valence-electron chi connectivity index (χ2n) is 3.43. The van der Waals surface area contributed by atoms with Crippen molar-refractivity contribution in [1.82, 2.24) is 10.2 Å². The summed E-state index contributed by atoms with van der Waals surface area (Å²) in [6, 6.07) is 8.74. The van der Waals surface area contributed by atoms with E-state index in [9.17, 15) is 4.79 Å². The number of aromatic nitrogens is 2. The first-order valence-electron chi connectivity index (χ1n) is 4.81. The number of rotatable bonds is 2. The van der Waals surface area contributed by atoms with E-state index in [2.05, 4.69) is 10.2 Å². The fourth-order valence-corrected chi connectivity index (χ4v) is 1.37. The van der Waals surface area contributed by atoms with Crippen LogP contribution in [-0.4, -0.2) is 23.2 Å². The largest absolute Gasteiger partial charge is 0.399 e. The number of hydrogen-bond donors (Lipinski definition) is 2. The minimum atomic E-state index is -0.137. The monoisotopic (exact) mass is 216 g/mol. The lowest BCUT2D eigenvalue weighted by atomic mass is 10.2. The lowest BCUT2D eigenvalue weighted by Gasteiger charge is -2.16. The first kappa shape index (κ1) is 10.2. The number of nitrogens with two attached hydrogens (primary N) is 1. The lowest BCUT2D eigenvalue weighted by molar-refractivity contribution is 0.0988. The van der Waals surface area contributed by atoms with Crippen LogP contribution in [0, 0.1) is 0 Å². The summed E-state index contributed by atoms with van der Waals surface area (Å²) in [7, 11) is 1.70. The normalized spacial score (nSPS) is 10.1. The van der Waals surface area contributed by atoms with E-state index < -0.39 is 0 Å². The number of amides is 1. The summed E-state index contributed by atoms with van der Waals surface area (Å²) in [5.74, 6) is -0.137. The van der Waals surface area contributed by atoms with E-state index in [1.165, 1.54) is 4.90 Å². The predicted octanol–water partition coefficient (Wildman–Crippen LogP) is 1.27. The van der Waals surface area contributed by atoms with Crippen molar-refractivity contribution < 1.29 is 4.79 Å². The van der Waals surface area contributed by atoms with Crippen LogP contribution in [0.3, 0.4) is 0 Å². The molecule has 0 aliphatic rings. The van der Waals surface area contributed by atoms with Crippen LogP contribution in [-0.2, 0) is 0 Å². The molecule has 1 amide bonds. The van der Waals surface area contributed by atoms with E-state index in [0.717, 1.165) is 5.69 Å². The summed E-state index contributed by atoms with van der Waals surface area (Å²) in [6.07, 6.45) is 1.55. The minimum absolute atomic E-state index is 0.137. The molecule has 0 aliphatic carbocycles. The molecule has 1 aromatic heterocycles. The Morgan fingerprint density at radius 1 is 1.31 bits per heavy atom. The Morgan fingerprint density at radius 3 is 2.56 bits per heavy atom. The summed E-state index contributed by atoms with van der Waals surface area (Å²) in [5.41, 5.74) is 7.49. The summed E-state index contributed by atoms with van der Waals surface area (Å²) in [6.45, 7) is 0. The van der Waals surface area contributed by atoms with Gasteiger partial charge in [0.05, 0.1) is 0 Å². The van der Waals surface area contributed by atoms with Crippen LogP contribution in [0.1, 0.15) is 10.5 Å². The first-order chi connectivity index (χ1) is 7.68. The van der Waals surface area contributed by atoms with Gasteiger partial charge in [-0.05, 0) is 30.3 Å². The maximum absolute atomic E-state index is 11.9. The van der Waals surface area contributed by atoms with Crippen LogP contribution in [0.4, 0.5) is 11.4 Å². The number of carbonyl (C=O) groups excluding carboxylic acids is 1. The van der Waals surface area contributed by atoms with Crippen molar-refractivity contribution in [1.29, 1.82) is 0 Å². The average molecular weight is 216 g/mol. The second-order valence-corrected chi connectivity index (χ2v) is 3.43. The topological polar surface area (TPSA) is 75.0 Å². The molecule has 16 heavy (non-hydrogen) atoms. The van der Waals surface area contributed by atoms with Crippen molar-refractivity contribution >= 4 is 17.3 Å². The van der Waals surface area contributed by atoms with Crippen molar-refractivity contribution in [3.63, 3.8) is 0 Å².